The molecule has 3 heteroatoms. The quantitative estimate of drug-likeness (QED) is 0.702. The van der Waals surface area contributed by atoms with Gasteiger partial charge in [-0.2, -0.15) is 0 Å². The summed E-state index contributed by atoms with van der Waals surface area (Å²) >= 11 is 0. The molecule has 1 saturated heterocycles. The molecule has 0 amide bonds. The molecule has 0 aromatic carbocycles. The highest BCUT2D eigenvalue weighted by atomic mass is 16.5. The van der Waals surface area contributed by atoms with E-state index in [2.05, 4.69) is 16.5 Å². The molecule has 2 aliphatic rings. The van der Waals surface area contributed by atoms with E-state index in [0.29, 0.717) is 6.04 Å². The number of hydrogen-bond acceptors (Lipinski definition) is 3. The number of rotatable bonds is 1. The van der Waals surface area contributed by atoms with Crippen LogP contribution in [0.1, 0.15) is 17.9 Å². The first-order valence-corrected chi connectivity index (χ1v) is 4.71. The maximum absolute atomic E-state index is 5.23. The summed E-state index contributed by atoms with van der Waals surface area (Å²) < 4.78 is 5.23. The second-order valence-corrected chi connectivity index (χ2v) is 3.91. The molecule has 1 aliphatic heterocycles. The minimum Gasteiger partial charge on any atom is -0.356 e. The molecule has 68 valence electrons. The van der Waals surface area contributed by atoms with Crippen LogP contribution in [0.2, 0.25) is 0 Å². The molecule has 1 aliphatic carbocycles. The average Bonchev–Trinajstić information content (AvgIpc) is 2.59. The zero-order chi connectivity index (χ0) is 8.84. The van der Waals surface area contributed by atoms with E-state index in [4.69, 9.17) is 4.52 Å². The van der Waals surface area contributed by atoms with Crippen molar-refractivity contribution in [3.8, 4) is 0 Å². The standard InChI is InChI=1S/C10H12N2O/c1-6-2-10(13-12-6)7-3-8-5-11-9(8)4-7/h2-3,8-9,11H,4-5H2,1H3/t8-,9-/m1/s1. The van der Waals surface area contributed by atoms with Gasteiger partial charge in [-0.3, -0.25) is 0 Å². The summed E-state index contributed by atoms with van der Waals surface area (Å²) in [5, 5.41) is 7.30. The first-order valence-electron chi connectivity index (χ1n) is 4.71. The first kappa shape index (κ1) is 7.33. The molecule has 0 saturated carbocycles. The Kier molecular flexibility index (Phi) is 1.38. The number of nitrogens with one attached hydrogen (secondary N) is 1. The van der Waals surface area contributed by atoms with Gasteiger partial charge in [-0.25, -0.2) is 0 Å². The van der Waals surface area contributed by atoms with E-state index in [-0.39, 0.29) is 0 Å². The van der Waals surface area contributed by atoms with E-state index in [1.165, 1.54) is 5.57 Å². The lowest BCUT2D eigenvalue weighted by Gasteiger charge is -2.31. The summed E-state index contributed by atoms with van der Waals surface area (Å²) in [5.74, 6) is 1.69. The Hall–Kier alpha value is -1.09. The molecule has 1 N–H and O–H groups in total. The lowest BCUT2D eigenvalue weighted by atomic mass is 9.96. The summed E-state index contributed by atoms with van der Waals surface area (Å²) in [5.41, 5.74) is 2.28. The van der Waals surface area contributed by atoms with Crippen LogP contribution in [0.25, 0.3) is 5.57 Å². The van der Waals surface area contributed by atoms with Crippen LogP contribution in [0.3, 0.4) is 0 Å². The van der Waals surface area contributed by atoms with Gasteiger partial charge in [0.05, 0.1) is 5.69 Å². The van der Waals surface area contributed by atoms with Crippen LogP contribution < -0.4 is 5.32 Å². The van der Waals surface area contributed by atoms with Crippen molar-refractivity contribution in [1.82, 2.24) is 10.5 Å². The minimum absolute atomic E-state index is 0.667. The average molecular weight is 176 g/mol. The summed E-state index contributed by atoms with van der Waals surface area (Å²) in [6.45, 7) is 3.08. The Morgan fingerprint density at radius 3 is 3.00 bits per heavy atom. The van der Waals surface area contributed by atoms with Gasteiger partial charge in [0, 0.05) is 24.6 Å². The molecule has 0 unspecified atom stereocenters. The molecule has 2 heterocycles. The molecule has 2 atom stereocenters. The predicted octanol–water partition coefficient (Wildman–Crippen LogP) is 1.36. The van der Waals surface area contributed by atoms with E-state index in [9.17, 15) is 0 Å². The molecular weight excluding hydrogens is 164 g/mol. The van der Waals surface area contributed by atoms with Crippen LogP contribution in [0, 0.1) is 12.8 Å². The van der Waals surface area contributed by atoms with E-state index in [0.717, 1.165) is 30.3 Å². The molecule has 1 aromatic heterocycles. The molecule has 3 nitrogen and oxygen atoms in total. The zero-order valence-corrected chi connectivity index (χ0v) is 7.58. The van der Waals surface area contributed by atoms with Crippen molar-refractivity contribution in [2.75, 3.05) is 6.54 Å². The number of aryl methyl sites for hydroxylation is 1. The van der Waals surface area contributed by atoms with Crippen molar-refractivity contribution >= 4 is 5.57 Å². The second kappa shape index (κ2) is 2.45. The van der Waals surface area contributed by atoms with E-state index in [1.54, 1.807) is 0 Å². The molecule has 1 aromatic rings. The van der Waals surface area contributed by atoms with Crippen molar-refractivity contribution in [2.45, 2.75) is 19.4 Å². The van der Waals surface area contributed by atoms with E-state index >= 15 is 0 Å². The highest BCUT2D eigenvalue weighted by molar-refractivity contribution is 5.65. The monoisotopic (exact) mass is 176 g/mol. The lowest BCUT2D eigenvalue weighted by Crippen LogP contribution is -2.49. The van der Waals surface area contributed by atoms with Gasteiger partial charge in [0.25, 0.3) is 0 Å². The number of hydrogen-bond donors (Lipinski definition) is 1. The van der Waals surface area contributed by atoms with Crippen molar-refractivity contribution in [1.29, 1.82) is 0 Å². The smallest absolute Gasteiger partial charge is 0.162 e. The fourth-order valence-electron chi connectivity index (χ4n) is 2.08. The summed E-state index contributed by atoms with van der Waals surface area (Å²) in [6.07, 6.45) is 3.42. The van der Waals surface area contributed by atoms with Crippen molar-refractivity contribution < 1.29 is 4.52 Å². The second-order valence-electron chi connectivity index (χ2n) is 3.91. The minimum atomic E-state index is 0.667. The SMILES string of the molecule is Cc1cc(C2=C[C@@H]3CN[C@@H]3C2)on1. The highest BCUT2D eigenvalue weighted by Crippen LogP contribution is 2.35. The Bertz CT molecular complexity index is 367. The number of aromatic nitrogens is 1. The molecule has 0 spiro atoms. The third kappa shape index (κ3) is 1.04. The zero-order valence-electron chi connectivity index (χ0n) is 7.58. The van der Waals surface area contributed by atoms with Crippen molar-refractivity contribution in [3.05, 3.63) is 23.6 Å². The Morgan fingerprint density at radius 1 is 1.62 bits per heavy atom. The van der Waals surface area contributed by atoms with Gasteiger partial charge in [0.2, 0.25) is 0 Å². The van der Waals surface area contributed by atoms with Crippen LogP contribution in [-0.4, -0.2) is 17.7 Å². The number of fused-ring (bicyclic) bond motifs is 1. The molecule has 13 heavy (non-hydrogen) atoms. The summed E-state index contributed by atoms with van der Waals surface area (Å²) in [6, 6.07) is 2.68. The molecule has 0 radical (unpaired) electrons. The largest absolute Gasteiger partial charge is 0.356 e. The van der Waals surface area contributed by atoms with Gasteiger partial charge in [-0.05, 0) is 18.9 Å². The Balaban J connectivity index is 1.90. The van der Waals surface area contributed by atoms with Crippen LogP contribution in [0.15, 0.2) is 16.7 Å². The Labute approximate surface area is 76.8 Å². The van der Waals surface area contributed by atoms with Crippen molar-refractivity contribution in [3.63, 3.8) is 0 Å². The maximum atomic E-state index is 5.23. The summed E-state index contributed by atoms with van der Waals surface area (Å²) in [7, 11) is 0. The molecule has 0 bridgehead atoms. The van der Waals surface area contributed by atoms with Gasteiger partial charge in [0.1, 0.15) is 0 Å². The number of nitrogens with zero attached hydrogens (tertiary/aromatic N) is 1. The first-order chi connectivity index (χ1) is 6.33. The third-order valence-electron chi connectivity index (χ3n) is 2.93. The molecule has 3 rings (SSSR count). The van der Waals surface area contributed by atoms with Crippen LogP contribution in [-0.2, 0) is 0 Å². The predicted molar refractivity (Wildman–Crippen MR) is 49.1 cm³/mol. The summed E-state index contributed by atoms with van der Waals surface area (Å²) in [4.78, 5) is 0. The maximum Gasteiger partial charge on any atom is 0.162 e. The van der Waals surface area contributed by atoms with Gasteiger partial charge in [-0.15, -0.1) is 0 Å². The van der Waals surface area contributed by atoms with Crippen molar-refractivity contribution in [2.24, 2.45) is 5.92 Å². The third-order valence-corrected chi connectivity index (χ3v) is 2.93. The normalized spacial score (nSPS) is 31.0. The van der Waals surface area contributed by atoms with Gasteiger partial charge in [-0.1, -0.05) is 11.2 Å². The van der Waals surface area contributed by atoms with E-state index < -0.39 is 0 Å². The van der Waals surface area contributed by atoms with Crippen LogP contribution in [0.5, 0.6) is 0 Å². The van der Waals surface area contributed by atoms with E-state index in [1.807, 2.05) is 13.0 Å². The fraction of sp³-hybridized carbons (Fsp3) is 0.500. The molecule has 1 fully saturated rings. The van der Waals surface area contributed by atoms with Gasteiger partial charge in [0.15, 0.2) is 5.76 Å². The Morgan fingerprint density at radius 2 is 2.54 bits per heavy atom. The fourth-order valence-corrected chi connectivity index (χ4v) is 2.08. The van der Waals surface area contributed by atoms with Gasteiger partial charge < -0.3 is 9.84 Å². The highest BCUT2D eigenvalue weighted by Gasteiger charge is 2.35. The van der Waals surface area contributed by atoms with Crippen LogP contribution >= 0.6 is 0 Å². The lowest BCUT2D eigenvalue weighted by molar-refractivity contribution is 0.306. The van der Waals surface area contributed by atoms with Crippen LogP contribution in [0.4, 0.5) is 0 Å². The molecular formula is C10H12N2O. The van der Waals surface area contributed by atoms with Gasteiger partial charge >= 0.3 is 0 Å². The topological polar surface area (TPSA) is 38.1 Å².